The summed E-state index contributed by atoms with van der Waals surface area (Å²) in [5.41, 5.74) is 2.43. The van der Waals surface area contributed by atoms with E-state index in [-0.39, 0.29) is 28.9 Å². The van der Waals surface area contributed by atoms with Crippen LogP contribution in [0.3, 0.4) is 0 Å². The smallest absolute Gasteiger partial charge is 0.416 e. The predicted octanol–water partition coefficient (Wildman–Crippen LogP) is 5.17. The number of halogens is 10. The molecule has 16 heteroatoms. The Morgan fingerprint density at radius 1 is 0.531 bits per heavy atom. The highest BCUT2D eigenvalue weighted by molar-refractivity contribution is 7.95. The largest absolute Gasteiger partial charge is 1.00 e. The van der Waals surface area contributed by atoms with E-state index in [4.69, 9.17) is 16.6 Å². The van der Waals surface area contributed by atoms with Crippen molar-refractivity contribution >= 4 is 35.1 Å². The maximum absolute atomic E-state index is 13.5. The molecule has 49 heavy (non-hydrogen) atoms. The van der Waals surface area contributed by atoms with Gasteiger partial charge in [-0.05, 0) is 92.1 Å². The molecule has 5 nitrogen and oxygen atoms in total. The first kappa shape index (κ1) is 41.8. The highest BCUT2D eigenvalue weighted by Crippen LogP contribution is 2.56. The summed E-state index contributed by atoms with van der Waals surface area (Å²) < 4.78 is 121. The van der Waals surface area contributed by atoms with Crippen LogP contribution in [-0.4, -0.2) is 24.6 Å². The average Bonchev–Trinajstić information content (AvgIpc) is 3.00. The lowest BCUT2D eigenvalue weighted by atomic mass is 10.1. The first-order chi connectivity index (χ1) is 22.4. The fourth-order valence-electron chi connectivity index (χ4n) is 5.48. The van der Waals surface area contributed by atoms with E-state index in [0.29, 0.717) is 41.5 Å². The Morgan fingerprint density at radius 2 is 0.837 bits per heavy atom. The molecule has 0 aromatic heterocycles. The van der Waals surface area contributed by atoms with Gasteiger partial charge in [0.15, 0.2) is 11.9 Å². The fraction of sp³-hybridized carbons (Fsp3) is 0.394. The SMILES string of the molecule is N=C(N)NC(=N)NCCCCCCCCCC[P+](c1ccc(C(F)(F)F)cc1)(c1ccc(C(F)(F)F)cc1)c1ccc(C(F)(F)F)cc1.[Br-]. The third kappa shape index (κ3) is 12.2. The van der Waals surface area contributed by atoms with Crippen molar-refractivity contribution in [3.8, 4) is 0 Å². The average molecular weight is 787 g/mol. The Morgan fingerprint density at radius 3 is 1.14 bits per heavy atom. The molecule has 6 N–H and O–H groups in total. The van der Waals surface area contributed by atoms with Gasteiger partial charge >= 0.3 is 18.5 Å². The van der Waals surface area contributed by atoms with Gasteiger partial charge in [0.25, 0.3) is 0 Å². The van der Waals surface area contributed by atoms with Gasteiger partial charge in [0, 0.05) is 6.54 Å². The number of nitrogens with one attached hydrogen (secondary N) is 4. The monoisotopic (exact) mass is 785 g/mol. The summed E-state index contributed by atoms with van der Waals surface area (Å²) in [5, 5.41) is 21.1. The van der Waals surface area contributed by atoms with E-state index in [0.717, 1.165) is 74.9 Å². The van der Waals surface area contributed by atoms with Crippen LogP contribution in [0, 0.1) is 10.8 Å². The summed E-state index contributed by atoms with van der Waals surface area (Å²) >= 11 is 0. The van der Waals surface area contributed by atoms with Crippen LogP contribution in [0.4, 0.5) is 39.5 Å². The number of guanidine groups is 2. The lowest BCUT2D eigenvalue weighted by Crippen LogP contribution is -3.00. The van der Waals surface area contributed by atoms with Crippen molar-refractivity contribution in [3.63, 3.8) is 0 Å². The predicted molar refractivity (Wildman–Crippen MR) is 173 cm³/mol. The molecule has 0 bridgehead atoms. The van der Waals surface area contributed by atoms with E-state index >= 15 is 0 Å². The summed E-state index contributed by atoms with van der Waals surface area (Å²) in [7, 11) is -3.01. The number of hydrogen-bond donors (Lipinski definition) is 5. The molecule has 0 amide bonds. The Bertz CT molecular complexity index is 1340. The standard InChI is InChI=1S/C33H38F9N5P.BrH/c34-31(35,36)23-9-15-26(16-10-23)48(27-17-11-24(12-18-27)32(37,38)39,28-19-13-25(14-20-28)33(40,41)42)22-8-6-4-2-1-3-5-7-21-46-30(45)47-29(43)44;/h9-20H,1-8,21-22H2,(H6,43,44,45,46,47);1H/q+1;/p-1. The van der Waals surface area contributed by atoms with Gasteiger partial charge < -0.3 is 28.0 Å². The van der Waals surface area contributed by atoms with E-state index in [1.165, 1.54) is 36.4 Å². The normalized spacial score (nSPS) is 12.3. The first-order valence-corrected chi connectivity index (χ1v) is 17.3. The minimum Gasteiger partial charge on any atom is -1.00 e. The van der Waals surface area contributed by atoms with Crippen LogP contribution in [0.5, 0.6) is 0 Å². The van der Waals surface area contributed by atoms with Crippen molar-refractivity contribution in [2.24, 2.45) is 5.73 Å². The van der Waals surface area contributed by atoms with Crippen LogP contribution in [0.1, 0.15) is 68.1 Å². The molecule has 0 spiro atoms. The molecule has 0 aliphatic rings. The molecule has 0 fully saturated rings. The zero-order valence-electron chi connectivity index (χ0n) is 26.3. The van der Waals surface area contributed by atoms with Crippen molar-refractivity contribution < 1.29 is 56.5 Å². The van der Waals surface area contributed by atoms with Gasteiger partial charge in [0.2, 0.25) is 0 Å². The molecule has 3 aromatic rings. The molecule has 0 radical (unpaired) electrons. The lowest BCUT2D eigenvalue weighted by molar-refractivity contribution is -0.138. The quantitative estimate of drug-likeness (QED) is 0.0514. The highest BCUT2D eigenvalue weighted by Gasteiger charge is 2.46. The highest BCUT2D eigenvalue weighted by atomic mass is 79.9. The Hall–Kier alpha value is -3.32. The van der Waals surface area contributed by atoms with Gasteiger partial charge in [-0.25, -0.2) is 0 Å². The second-order valence-corrected chi connectivity index (χ2v) is 15.0. The van der Waals surface area contributed by atoms with Crippen molar-refractivity contribution in [1.82, 2.24) is 10.6 Å². The maximum atomic E-state index is 13.5. The molecule has 0 atom stereocenters. The molecule has 3 aromatic carbocycles. The Kier molecular flexibility index (Phi) is 15.4. The van der Waals surface area contributed by atoms with Crippen LogP contribution in [0.2, 0.25) is 0 Å². The van der Waals surface area contributed by atoms with E-state index < -0.39 is 42.5 Å². The first-order valence-electron chi connectivity index (χ1n) is 15.3. The van der Waals surface area contributed by atoms with Crippen molar-refractivity contribution in [1.29, 1.82) is 10.8 Å². The maximum Gasteiger partial charge on any atom is 0.416 e. The molecule has 3 rings (SSSR count). The molecule has 0 heterocycles. The minimum atomic E-state index is -4.63. The van der Waals surface area contributed by atoms with Crippen LogP contribution in [-0.2, 0) is 18.5 Å². The number of rotatable bonds is 14. The molecular weight excluding hydrogens is 748 g/mol. The van der Waals surface area contributed by atoms with Gasteiger partial charge in [-0.3, -0.25) is 16.1 Å². The number of alkyl halides is 9. The van der Waals surface area contributed by atoms with Gasteiger partial charge in [0.1, 0.15) is 23.2 Å². The Labute approximate surface area is 290 Å². The van der Waals surface area contributed by atoms with Crippen LogP contribution in [0.15, 0.2) is 72.8 Å². The molecule has 0 aliphatic heterocycles. The molecule has 0 saturated carbocycles. The summed E-state index contributed by atoms with van der Waals surface area (Å²) in [6.45, 7) is 0.544. The number of nitrogens with two attached hydrogens (primary N) is 1. The van der Waals surface area contributed by atoms with E-state index in [1.807, 2.05) is 0 Å². The van der Waals surface area contributed by atoms with Crippen molar-refractivity contribution in [3.05, 3.63) is 89.5 Å². The molecule has 0 unspecified atom stereocenters. The zero-order chi connectivity index (χ0) is 35.6. The molecule has 0 saturated heterocycles. The van der Waals surface area contributed by atoms with Crippen molar-refractivity contribution in [2.75, 3.05) is 12.7 Å². The topological polar surface area (TPSA) is 97.8 Å². The van der Waals surface area contributed by atoms with E-state index in [2.05, 4.69) is 10.6 Å². The summed E-state index contributed by atoms with van der Waals surface area (Å²) in [6.07, 6.45) is -7.01. The molecule has 270 valence electrons. The molecular formula is C33H38BrF9N5P. The lowest BCUT2D eigenvalue weighted by Gasteiger charge is -2.28. The number of benzene rings is 3. The zero-order valence-corrected chi connectivity index (χ0v) is 28.8. The number of hydrogen-bond acceptors (Lipinski definition) is 2. The van der Waals surface area contributed by atoms with Crippen LogP contribution < -0.4 is 49.3 Å². The second-order valence-electron chi connectivity index (χ2n) is 11.3. The van der Waals surface area contributed by atoms with Gasteiger partial charge in [0.05, 0.1) is 22.9 Å². The molecule has 0 aliphatic carbocycles. The van der Waals surface area contributed by atoms with Gasteiger partial charge in [-0.2, -0.15) is 39.5 Å². The van der Waals surface area contributed by atoms with Gasteiger partial charge in [-0.15, -0.1) is 0 Å². The van der Waals surface area contributed by atoms with Crippen LogP contribution in [0.25, 0.3) is 0 Å². The van der Waals surface area contributed by atoms with Gasteiger partial charge in [-0.1, -0.05) is 32.1 Å². The van der Waals surface area contributed by atoms with Crippen molar-refractivity contribution in [2.45, 2.75) is 69.9 Å². The summed E-state index contributed by atoms with van der Waals surface area (Å²) in [5.74, 6) is -0.379. The van der Waals surface area contributed by atoms with E-state index in [1.54, 1.807) is 0 Å². The summed E-state index contributed by atoms with van der Waals surface area (Å²) in [4.78, 5) is 0. The minimum absolute atomic E-state index is 0. The van der Waals surface area contributed by atoms with E-state index in [9.17, 15) is 39.5 Å². The third-order valence-corrected chi connectivity index (χ3v) is 12.4. The number of unbranched alkanes of at least 4 members (excludes halogenated alkanes) is 7. The fourth-order valence-corrected chi connectivity index (χ4v) is 9.82. The Balaban J connectivity index is 0.00000833. The van der Waals surface area contributed by atoms with Crippen LogP contribution >= 0.6 is 7.26 Å². The summed E-state index contributed by atoms with van der Waals surface area (Å²) in [6, 6.07) is 13.1. The third-order valence-electron chi connectivity index (χ3n) is 7.89. The second kappa shape index (κ2) is 18.1.